The van der Waals surface area contributed by atoms with Crippen LogP contribution in [0, 0.1) is 0 Å². The van der Waals surface area contributed by atoms with Crippen molar-refractivity contribution in [3.8, 4) is 17.2 Å². The third kappa shape index (κ3) is 8.15. The largest absolute Gasteiger partial charge is 0.494 e. The van der Waals surface area contributed by atoms with Crippen molar-refractivity contribution in [3.63, 3.8) is 0 Å². The lowest BCUT2D eigenvalue weighted by Crippen LogP contribution is -2.32. The molecule has 0 saturated heterocycles. The average molecular weight is 540 g/mol. The molecule has 2 N–H and O–H groups in total. The van der Waals surface area contributed by atoms with Gasteiger partial charge in [0.25, 0.3) is 0 Å². The van der Waals surface area contributed by atoms with Crippen LogP contribution in [0.25, 0.3) is 0 Å². The second-order valence-electron chi connectivity index (χ2n) is 7.35. The van der Waals surface area contributed by atoms with Crippen molar-refractivity contribution in [1.29, 1.82) is 0 Å². The van der Waals surface area contributed by atoms with Crippen molar-refractivity contribution in [1.82, 2.24) is 5.43 Å². The second-order valence-corrected chi connectivity index (χ2v) is 8.27. The zero-order valence-electron chi connectivity index (χ0n) is 19.4. The Morgan fingerprint density at radius 1 is 0.943 bits per heavy atom. The van der Waals surface area contributed by atoms with Gasteiger partial charge in [-0.25, -0.2) is 5.43 Å². The van der Waals surface area contributed by atoms with Gasteiger partial charge in [-0.3, -0.25) is 9.59 Å². The highest BCUT2D eigenvalue weighted by Gasteiger charge is 2.13. The van der Waals surface area contributed by atoms with Crippen LogP contribution in [-0.2, 0) is 16.2 Å². The van der Waals surface area contributed by atoms with E-state index in [1.54, 1.807) is 42.5 Å². The molecule has 3 rings (SSSR count). The fourth-order valence-electron chi connectivity index (χ4n) is 2.88. The van der Waals surface area contributed by atoms with Crippen LogP contribution in [0.3, 0.4) is 0 Å². The van der Waals surface area contributed by atoms with Crippen LogP contribution in [0.1, 0.15) is 24.5 Å². The van der Waals surface area contributed by atoms with Crippen LogP contribution in [0.15, 0.2) is 76.3 Å². The van der Waals surface area contributed by atoms with E-state index in [4.69, 9.17) is 14.2 Å². The van der Waals surface area contributed by atoms with E-state index in [2.05, 4.69) is 31.8 Å². The van der Waals surface area contributed by atoms with Gasteiger partial charge in [-0.15, -0.1) is 0 Å². The molecule has 0 aliphatic heterocycles. The number of carbonyl (C=O) groups excluding carboxylic acids is 2. The molecule has 0 heterocycles. The number of methoxy groups -OCH3 is 1. The highest BCUT2D eigenvalue weighted by molar-refractivity contribution is 9.10. The molecular weight excluding hydrogens is 514 g/mol. The molecule has 0 aliphatic carbocycles. The minimum absolute atomic E-state index is 0.386. The van der Waals surface area contributed by atoms with Crippen molar-refractivity contribution >= 4 is 39.6 Å². The molecule has 0 fully saturated rings. The molecule has 182 valence electrons. The molecule has 35 heavy (non-hydrogen) atoms. The summed E-state index contributed by atoms with van der Waals surface area (Å²) in [5.74, 6) is 0.0512. The van der Waals surface area contributed by atoms with Gasteiger partial charge in [0.15, 0.2) is 11.5 Å². The fourth-order valence-corrected chi connectivity index (χ4v) is 3.15. The van der Waals surface area contributed by atoms with Crippen molar-refractivity contribution in [2.45, 2.75) is 20.0 Å². The molecule has 0 spiro atoms. The monoisotopic (exact) mass is 539 g/mol. The molecule has 8 nitrogen and oxygen atoms in total. The number of benzene rings is 3. The van der Waals surface area contributed by atoms with Crippen LogP contribution in [0.5, 0.6) is 17.2 Å². The summed E-state index contributed by atoms with van der Waals surface area (Å²) < 4.78 is 17.7. The van der Waals surface area contributed by atoms with Crippen LogP contribution in [0.2, 0.25) is 0 Å². The summed E-state index contributed by atoms with van der Waals surface area (Å²) in [4.78, 5) is 24.2. The van der Waals surface area contributed by atoms with E-state index >= 15 is 0 Å². The number of anilines is 1. The van der Waals surface area contributed by atoms with Gasteiger partial charge in [-0.2, -0.15) is 5.10 Å². The van der Waals surface area contributed by atoms with E-state index < -0.39 is 11.8 Å². The van der Waals surface area contributed by atoms with Gasteiger partial charge in [0.1, 0.15) is 12.4 Å². The summed E-state index contributed by atoms with van der Waals surface area (Å²) in [5.41, 5.74) is 4.36. The number of rotatable bonds is 10. The van der Waals surface area contributed by atoms with Gasteiger partial charge in [0, 0.05) is 10.2 Å². The van der Waals surface area contributed by atoms with Crippen molar-refractivity contribution in [3.05, 3.63) is 82.3 Å². The minimum Gasteiger partial charge on any atom is -0.494 e. The zero-order chi connectivity index (χ0) is 25.0. The van der Waals surface area contributed by atoms with E-state index in [-0.39, 0.29) is 0 Å². The number of nitrogens with zero attached hydrogens (tertiary/aromatic N) is 1. The minimum atomic E-state index is -0.894. The van der Waals surface area contributed by atoms with E-state index in [0.717, 1.165) is 16.5 Å². The first-order valence-electron chi connectivity index (χ1n) is 10.9. The normalized spacial score (nSPS) is 10.6. The van der Waals surface area contributed by atoms with E-state index in [9.17, 15) is 9.59 Å². The summed E-state index contributed by atoms with van der Waals surface area (Å²) in [6, 6.07) is 19.8. The fraction of sp³-hybridized carbons (Fsp3) is 0.192. The number of nitrogens with one attached hydrogen (secondary N) is 2. The Kier molecular flexibility index (Phi) is 9.68. The molecule has 9 heteroatoms. The quantitative estimate of drug-likeness (QED) is 0.216. The van der Waals surface area contributed by atoms with Gasteiger partial charge < -0.3 is 19.5 Å². The first-order valence-corrected chi connectivity index (χ1v) is 11.7. The van der Waals surface area contributed by atoms with Gasteiger partial charge >= 0.3 is 11.8 Å². The third-order valence-corrected chi connectivity index (χ3v) is 5.19. The molecule has 0 bridgehead atoms. The smallest absolute Gasteiger partial charge is 0.329 e. The van der Waals surface area contributed by atoms with Crippen LogP contribution in [-0.4, -0.2) is 31.7 Å². The SMILES string of the molecule is CCCOc1ccc(NC(=O)C(=O)N/N=C\c2ccc(OCc3ccc(Br)cc3)c(OC)c2)cc1. The number of hydrogen-bond acceptors (Lipinski definition) is 6. The number of hydrogen-bond donors (Lipinski definition) is 2. The number of amides is 2. The third-order valence-electron chi connectivity index (χ3n) is 4.67. The Hall–Kier alpha value is -3.85. The van der Waals surface area contributed by atoms with Gasteiger partial charge in [0.2, 0.25) is 0 Å². The van der Waals surface area contributed by atoms with Gasteiger partial charge in [-0.1, -0.05) is 35.0 Å². The standard InChI is InChI=1S/C26H26BrN3O5/c1-3-14-34-22-11-9-21(10-12-22)29-25(31)26(32)30-28-16-19-6-13-23(24(15-19)33-2)35-17-18-4-7-20(27)8-5-18/h4-13,15-16H,3,14,17H2,1-2H3,(H,29,31)(H,30,32)/b28-16-. The van der Waals surface area contributed by atoms with Crippen LogP contribution in [0.4, 0.5) is 5.69 Å². The summed E-state index contributed by atoms with van der Waals surface area (Å²) in [5, 5.41) is 6.36. The first-order chi connectivity index (χ1) is 17.0. The summed E-state index contributed by atoms with van der Waals surface area (Å²) >= 11 is 3.41. The summed E-state index contributed by atoms with van der Waals surface area (Å²) in [6.07, 6.45) is 2.31. The summed E-state index contributed by atoms with van der Waals surface area (Å²) in [6.45, 7) is 3.01. The molecule has 0 aromatic heterocycles. The predicted molar refractivity (Wildman–Crippen MR) is 138 cm³/mol. The van der Waals surface area contributed by atoms with Crippen molar-refractivity contribution < 1.29 is 23.8 Å². The average Bonchev–Trinajstić information content (AvgIpc) is 2.88. The molecule has 0 atom stereocenters. The molecule has 3 aromatic rings. The predicted octanol–water partition coefficient (Wildman–Crippen LogP) is 4.91. The Bertz CT molecular complexity index is 1160. The second kappa shape index (κ2) is 13.1. The zero-order valence-corrected chi connectivity index (χ0v) is 21.0. The Balaban J connectivity index is 1.51. The number of ether oxygens (including phenoxy) is 3. The molecule has 0 saturated carbocycles. The molecular formula is C26H26BrN3O5. The highest BCUT2D eigenvalue weighted by Crippen LogP contribution is 2.28. The lowest BCUT2D eigenvalue weighted by Gasteiger charge is -2.11. The van der Waals surface area contributed by atoms with E-state index in [0.29, 0.717) is 41.7 Å². The molecule has 0 aliphatic rings. The van der Waals surface area contributed by atoms with Gasteiger partial charge in [-0.05, 0) is 72.1 Å². The molecule has 0 radical (unpaired) electrons. The van der Waals surface area contributed by atoms with Gasteiger partial charge in [0.05, 0.1) is 19.9 Å². The molecule has 3 aromatic carbocycles. The Morgan fingerprint density at radius 2 is 1.69 bits per heavy atom. The Morgan fingerprint density at radius 3 is 2.37 bits per heavy atom. The molecule has 0 unspecified atom stereocenters. The summed E-state index contributed by atoms with van der Waals surface area (Å²) in [7, 11) is 1.54. The topological polar surface area (TPSA) is 98.2 Å². The van der Waals surface area contributed by atoms with Crippen molar-refractivity contribution in [2.24, 2.45) is 5.10 Å². The maximum atomic E-state index is 12.1. The molecule has 2 amide bonds. The van der Waals surface area contributed by atoms with Crippen LogP contribution >= 0.6 is 15.9 Å². The lowest BCUT2D eigenvalue weighted by atomic mass is 10.2. The maximum absolute atomic E-state index is 12.1. The van der Waals surface area contributed by atoms with E-state index in [1.807, 2.05) is 31.2 Å². The lowest BCUT2D eigenvalue weighted by molar-refractivity contribution is -0.136. The highest BCUT2D eigenvalue weighted by atomic mass is 79.9. The number of halogens is 1. The number of carbonyl (C=O) groups is 2. The van der Waals surface area contributed by atoms with Crippen LogP contribution < -0.4 is 25.0 Å². The first kappa shape index (κ1) is 25.8. The number of hydrazone groups is 1. The van der Waals surface area contributed by atoms with E-state index in [1.165, 1.54) is 13.3 Å². The maximum Gasteiger partial charge on any atom is 0.329 e. The van der Waals surface area contributed by atoms with Crippen molar-refractivity contribution in [2.75, 3.05) is 19.0 Å². The Labute approximate surface area is 212 Å².